The van der Waals surface area contributed by atoms with Crippen molar-refractivity contribution in [3.05, 3.63) is 0 Å². The predicted molar refractivity (Wildman–Crippen MR) is 110 cm³/mol. The molecule has 0 aromatic heterocycles. The second-order valence-corrected chi connectivity index (χ2v) is 8.50. The van der Waals surface area contributed by atoms with E-state index in [2.05, 4.69) is 6.92 Å². The standard InChI is InChI=1S/C21H40O11/c1-2-3-4-5-6-7-8-9-29-20-18(28)16(26)19(13(11-23)31-20)32-21-17(27)15(25)14(24)12(10-22)30-21/h12-28H,2-11H2,1H3/t12-,13-,14-,15+,16-,17-,18-,19-,20?,21-/m1/s1. The Morgan fingerprint density at radius 2 is 1.19 bits per heavy atom. The molecule has 0 aromatic carbocycles. The molecule has 1 unspecified atom stereocenters. The molecular formula is C21H40O11. The first-order chi connectivity index (χ1) is 15.3. The van der Waals surface area contributed by atoms with Crippen molar-refractivity contribution in [2.24, 2.45) is 0 Å². The Balaban J connectivity index is 1.86. The van der Waals surface area contributed by atoms with Crippen molar-refractivity contribution in [3.63, 3.8) is 0 Å². The molecule has 2 fully saturated rings. The molecule has 10 atom stereocenters. The van der Waals surface area contributed by atoms with Crippen LogP contribution in [0.4, 0.5) is 0 Å². The van der Waals surface area contributed by atoms with Crippen LogP contribution >= 0.6 is 0 Å². The number of rotatable bonds is 13. The molecule has 190 valence electrons. The van der Waals surface area contributed by atoms with Crippen molar-refractivity contribution in [1.29, 1.82) is 0 Å². The fraction of sp³-hybridized carbons (Fsp3) is 1.00. The Morgan fingerprint density at radius 3 is 1.81 bits per heavy atom. The first kappa shape index (κ1) is 27.8. The smallest absolute Gasteiger partial charge is 0.187 e. The molecule has 2 heterocycles. The van der Waals surface area contributed by atoms with Crippen molar-refractivity contribution in [1.82, 2.24) is 0 Å². The van der Waals surface area contributed by atoms with Gasteiger partial charge >= 0.3 is 0 Å². The van der Waals surface area contributed by atoms with Crippen LogP contribution in [0.3, 0.4) is 0 Å². The summed E-state index contributed by atoms with van der Waals surface area (Å²) in [7, 11) is 0. The summed E-state index contributed by atoms with van der Waals surface area (Å²) in [4.78, 5) is 0. The van der Waals surface area contributed by atoms with Gasteiger partial charge in [-0.25, -0.2) is 0 Å². The highest BCUT2D eigenvalue weighted by molar-refractivity contribution is 4.94. The minimum atomic E-state index is -1.69. The Kier molecular flexibility index (Phi) is 12.2. The normalized spacial score (nSPS) is 40.5. The van der Waals surface area contributed by atoms with Gasteiger partial charge in [0, 0.05) is 6.61 Å². The summed E-state index contributed by atoms with van der Waals surface area (Å²) < 4.78 is 21.9. The molecule has 0 spiro atoms. The molecule has 7 N–H and O–H groups in total. The molecule has 0 radical (unpaired) electrons. The molecule has 2 aliphatic heterocycles. The molecule has 0 aromatic rings. The lowest BCUT2D eigenvalue weighted by Gasteiger charge is -2.45. The van der Waals surface area contributed by atoms with E-state index in [9.17, 15) is 35.7 Å². The number of hydrogen-bond donors (Lipinski definition) is 7. The summed E-state index contributed by atoms with van der Waals surface area (Å²) in [6, 6.07) is 0. The maximum atomic E-state index is 10.5. The highest BCUT2D eigenvalue weighted by atomic mass is 16.7. The first-order valence-corrected chi connectivity index (χ1v) is 11.6. The maximum absolute atomic E-state index is 10.5. The second-order valence-electron chi connectivity index (χ2n) is 8.50. The number of aliphatic hydroxyl groups excluding tert-OH is 7. The number of ether oxygens (including phenoxy) is 4. The molecule has 11 heteroatoms. The van der Waals surface area contributed by atoms with Gasteiger partial charge in [0.05, 0.1) is 13.2 Å². The van der Waals surface area contributed by atoms with E-state index in [0.29, 0.717) is 6.61 Å². The van der Waals surface area contributed by atoms with Crippen LogP contribution in [0.1, 0.15) is 51.9 Å². The summed E-state index contributed by atoms with van der Waals surface area (Å²) >= 11 is 0. The molecule has 0 aliphatic carbocycles. The summed E-state index contributed by atoms with van der Waals surface area (Å²) in [5.74, 6) is 0. The van der Waals surface area contributed by atoms with Crippen molar-refractivity contribution < 1.29 is 54.7 Å². The molecule has 0 saturated carbocycles. The van der Waals surface area contributed by atoms with Crippen molar-refractivity contribution in [2.75, 3.05) is 19.8 Å². The van der Waals surface area contributed by atoms with Gasteiger partial charge in [-0.15, -0.1) is 0 Å². The van der Waals surface area contributed by atoms with E-state index in [-0.39, 0.29) is 0 Å². The average molecular weight is 469 g/mol. The largest absolute Gasteiger partial charge is 0.394 e. The third kappa shape index (κ3) is 7.28. The SMILES string of the molecule is CCCCCCCCCOC1O[C@H](CO)[C@@H](O[C@H]2O[C@H](CO)[C@@H](O)[C@H](O)[C@H]2O)[C@H](O)[C@H]1O. The zero-order valence-corrected chi connectivity index (χ0v) is 18.6. The van der Waals surface area contributed by atoms with Crippen molar-refractivity contribution in [3.8, 4) is 0 Å². The van der Waals surface area contributed by atoms with Gasteiger partial charge in [-0.3, -0.25) is 0 Å². The lowest BCUT2D eigenvalue weighted by atomic mass is 9.97. The molecule has 11 nitrogen and oxygen atoms in total. The van der Waals surface area contributed by atoms with E-state index in [4.69, 9.17) is 18.9 Å². The van der Waals surface area contributed by atoms with Gasteiger partial charge in [-0.2, -0.15) is 0 Å². The second kappa shape index (κ2) is 14.1. The van der Waals surface area contributed by atoms with Gasteiger partial charge in [-0.1, -0.05) is 45.4 Å². The van der Waals surface area contributed by atoms with Gasteiger partial charge < -0.3 is 54.7 Å². The monoisotopic (exact) mass is 468 g/mol. The third-order valence-corrected chi connectivity index (χ3v) is 5.99. The van der Waals surface area contributed by atoms with Crippen LogP contribution in [-0.2, 0) is 18.9 Å². The van der Waals surface area contributed by atoms with Crippen molar-refractivity contribution >= 4 is 0 Å². The maximum Gasteiger partial charge on any atom is 0.187 e. The predicted octanol–water partition coefficient (Wildman–Crippen LogP) is -1.62. The lowest BCUT2D eigenvalue weighted by molar-refractivity contribution is -0.359. The summed E-state index contributed by atoms with van der Waals surface area (Å²) in [6.45, 7) is 1.26. The topological polar surface area (TPSA) is 179 Å². The first-order valence-electron chi connectivity index (χ1n) is 11.6. The highest BCUT2D eigenvalue weighted by Crippen LogP contribution is 2.29. The Labute approximate surface area is 188 Å². The highest BCUT2D eigenvalue weighted by Gasteiger charge is 2.50. The van der Waals surface area contributed by atoms with Crippen LogP contribution in [0.5, 0.6) is 0 Å². The average Bonchev–Trinajstić information content (AvgIpc) is 2.79. The minimum Gasteiger partial charge on any atom is -0.394 e. The van der Waals surface area contributed by atoms with Crippen LogP contribution < -0.4 is 0 Å². The molecule has 0 amide bonds. The van der Waals surface area contributed by atoms with E-state index >= 15 is 0 Å². The van der Waals surface area contributed by atoms with E-state index in [1.807, 2.05) is 0 Å². The lowest BCUT2D eigenvalue weighted by Crippen LogP contribution is -2.64. The Bertz CT molecular complexity index is 506. The van der Waals surface area contributed by atoms with E-state index < -0.39 is 74.6 Å². The van der Waals surface area contributed by atoms with E-state index in [0.717, 1.165) is 19.3 Å². The van der Waals surface area contributed by atoms with E-state index in [1.165, 1.54) is 25.7 Å². The number of unbranched alkanes of at least 4 members (excludes halogenated alkanes) is 6. The van der Waals surface area contributed by atoms with Gasteiger partial charge in [0.1, 0.15) is 48.8 Å². The minimum absolute atomic E-state index is 0.318. The van der Waals surface area contributed by atoms with Crippen LogP contribution in [0, 0.1) is 0 Å². The zero-order valence-electron chi connectivity index (χ0n) is 18.6. The van der Waals surface area contributed by atoms with E-state index in [1.54, 1.807) is 0 Å². The van der Waals surface area contributed by atoms with Crippen LogP contribution in [0.25, 0.3) is 0 Å². The molecular weight excluding hydrogens is 428 g/mol. The summed E-state index contributed by atoms with van der Waals surface area (Å²) in [6.07, 6.45) is -6.68. The molecule has 32 heavy (non-hydrogen) atoms. The van der Waals surface area contributed by atoms with Crippen LogP contribution in [0.2, 0.25) is 0 Å². The Morgan fingerprint density at radius 1 is 0.625 bits per heavy atom. The molecule has 2 rings (SSSR count). The van der Waals surface area contributed by atoms with Gasteiger partial charge in [0.2, 0.25) is 0 Å². The fourth-order valence-corrected chi connectivity index (χ4v) is 3.95. The number of aliphatic hydroxyl groups is 7. The van der Waals surface area contributed by atoms with Crippen LogP contribution in [0.15, 0.2) is 0 Å². The van der Waals surface area contributed by atoms with Gasteiger partial charge in [0.15, 0.2) is 12.6 Å². The van der Waals surface area contributed by atoms with Crippen molar-refractivity contribution in [2.45, 2.75) is 113 Å². The van der Waals surface area contributed by atoms with Gasteiger partial charge in [-0.05, 0) is 6.42 Å². The quantitative estimate of drug-likeness (QED) is 0.154. The summed E-state index contributed by atoms with van der Waals surface area (Å²) in [5.41, 5.74) is 0. The van der Waals surface area contributed by atoms with Gasteiger partial charge in [0.25, 0.3) is 0 Å². The fourth-order valence-electron chi connectivity index (χ4n) is 3.95. The van der Waals surface area contributed by atoms with Crippen LogP contribution in [-0.4, -0.2) is 117 Å². The Hall–Kier alpha value is -0.440. The summed E-state index contributed by atoms with van der Waals surface area (Å²) in [5, 5.41) is 69.8. The molecule has 0 bridgehead atoms. The molecule has 2 saturated heterocycles. The molecule has 2 aliphatic rings. The zero-order chi connectivity index (χ0) is 23.7. The number of hydrogen-bond acceptors (Lipinski definition) is 11. The third-order valence-electron chi connectivity index (χ3n) is 5.99.